The summed E-state index contributed by atoms with van der Waals surface area (Å²) in [5, 5.41) is 0. The Labute approximate surface area is 93.9 Å². The van der Waals surface area contributed by atoms with Crippen molar-refractivity contribution < 1.29 is 4.65 Å². The smallest absolute Gasteiger partial charge is 0.325 e. The average Bonchev–Trinajstić information content (AvgIpc) is 2.29. The van der Waals surface area contributed by atoms with E-state index in [0.717, 1.165) is 6.61 Å². The average molecular weight is 203 g/mol. The maximum atomic E-state index is 5.45. The van der Waals surface area contributed by atoms with Crippen molar-refractivity contribution in [1.82, 2.24) is 0 Å². The SMILES string of the molecule is CCO[B]C1=C2CCCCC2=C(C)CC1. The summed E-state index contributed by atoms with van der Waals surface area (Å²) in [7, 11) is 2.01. The molecule has 0 N–H and O–H groups in total. The van der Waals surface area contributed by atoms with E-state index in [0.29, 0.717) is 0 Å². The van der Waals surface area contributed by atoms with Crippen molar-refractivity contribution in [3.63, 3.8) is 0 Å². The molecule has 0 unspecified atom stereocenters. The molecule has 0 atom stereocenters. The predicted molar refractivity (Wildman–Crippen MR) is 64.8 cm³/mol. The summed E-state index contributed by atoms with van der Waals surface area (Å²) in [6.07, 6.45) is 7.71. The van der Waals surface area contributed by atoms with Crippen LogP contribution in [0.15, 0.2) is 22.2 Å². The fourth-order valence-electron chi connectivity index (χ4n) is 2.67. The molecule has 1 fully saturated rings. The molecule has 1 radical (unpaired) electrons. The Kier molecular flexibility index (Phi) is 3.68. The van der Waals surface area contributed by atoms with E-state index in [9.17, 15) is 0 Å². The normalized spacial score (nSPS) is 21.7. The van der Waals surface area contributed by atoms with E-state index < -0.39 is 0 Å². The quantitative estimate of drug-likeness (QED) is 0.637. The minimum Gasteiger partial charge on any atom is -0.435 e. The first-order valence-corrected chi connectivity index (χ1v) is 6.18. The summed E-state index contributed by atoms with van der Waals surface area (Å²) in [5.74, 6) is 0. The lowest BCUT2D eigenvalue weighted by Crippen LogP contribution is -2.15. The van der Waals surface area contributed by atoms with Crippen LogP contribution in [0.5, 0.6) is 0 Å². The number of allylic oxidation sites excluding steroid dienone is 4. The summed E-state index contributed by atoms with van der Waals surface area (Å²) in [4.78, 5) is 0. The van der Waals surface area contributed by atoms with Crippen LogP contribution in [0.4, 0.5) is 0 Å². The van der Waals surface area contributed by atoms with E-state index in [-0.39, 0.29) is 0 Å². The van der Waals surface area contributed by atoms with Gasteiger partial charge >= 0.3 is 7.48 Å². The van der Waals surface area contributed by atoms with Crippen molar-refractivity contribution in [2.75, 3.05) is 6.61 Å². The van der Waals surface area contributed by atoms with Gasteiger partial charge in [0.2, 0.25) is 0 Å². The highest BCUT2D eigenvalue weighted by Gasteiger charge is 2.22. The molecule has 2 aliphatic carbocycles. The topological polar surface area (TPSA) is 9.23 Å². The van der Waals surface area contributed by atoms with Gasteiger partial charge in [0.15, 0.2) is 0 Å². The molecule has 15 heavy (non-hydrogen) atoms. The summed E-state index contributed by atoms with van der Waals surface area (Å²) in [5.41, 5.74) is 6.35. The van der Waals surface area contributed by atoms with Crippen LogP contribution in [0.2, 0.25) is 0 Å². The summed E-state index contributed by atoms with van der Waals surface area (Å²) in [6.45, 7) is 5.14. The van der Waals surface area contributed by atoms with Crippen LogP contribution in [0, 0.1) is 0 Å². The molecule has 2 heteroatoms. The van der Waals surface area contributed by atoms with Gasteiger partial charge in [0.25, 0.3) is 0 Å². The van der Waals surface area contributed by atoms with Crippen molar-refractivity contribution in [2.45, 2.75) is 52.4 Å². The second-order valence-corrected chi connectivity index (χ2v) is 4.54. The molecular formula is C13H20BO. The minimum absolute atomic E-state index is 0.787. The third-order valence-electron chi connectivity index (χ3n) is 3.53. The van der Waals surface area contributed by atoms with E-state index >= 15 is 0 Å². The van der Waals surface area contributed by atoms with Crippen LogP contribution >= 0.6 is 0 Å². The molecule has 0 bridgehead atoms. The van der Waals surface area contributed by atoms with Crippen molar-refractivity contribution in [3.05, 3.63) is 22.2 Å². The van der Waals surface area contributed by atoms with Crippen LogP contribution < -0.4 is 0 Å². The first-order chi connectivity index (χ1) is 7.33. The Morgan fingerprint density at radius 1 is 1.07 bits per heavy atom. The molecule has 0 aromatic rings. The molecule has 0 aromatic carbocycles. The number of hydrogen-bond acceptors (Lipinski definition) is 1. The molecule has 0 aromatic heterocycles. The second kappa shape index (κ2) is 5.02. The van der Waals surface area contributed by atoms with Gasteiger partial charge in [0.05, 0.1) is 0 Å². The monoisotopic (exact) mass is 203 g/mol. The van der Waals surface area contributed by atoms with Crippen LogP contribution in [-0.4, -0.2) is 14.1 Å². The molecule has 0 aliphatic heterocycles. The second-order valence-electron chi connectivity index (χ2n) is 4.54. The van der Waals surface area contributed by atoms with E-state index in [1.54, 1.807) is 16.7 Å². The van der Waals surface area contributed by atoms with Crippen molar-refractivity contribution in [2.24, 2.45) is 0 Å². The molecule has 0 amide bonds. The number of hydrogen-bond donors (Lipinski definition) is 0. The minimum atomic E-state index is 0.787. The Morgan fingerprint density at radius 3 is 2.53 bits per heavy atom. The van der Waals surface area contributed by atoms with E-state index in [4.69, 9.17) is 4.65 Å². The van der Waals surface area contributed by atoms with Gasteiger partial charge in [-0.15, -0.1) is 0 Å². The third-order valence-corrected chi connectivity index (χ3v) is 3.53. The van der Waals surface area contributed by atoms with Crippen LogP contribution in [0.3, 0.4) is 0 Å². The standard InChI is InChI=1S/C13H20BO/c1-3-15-14-13-9-8-10(2)11-6-4-5-7-12(11)13/h3-9H2,1-2H3. The molecule has 2 aliphatic rings. The zero-order valence-electron chi connectivity index (χ0n) is 9.94. The third kappa shape index (κ3) is 2.36. The molecular weight excluding hydrogens is 183 g/mol. The molecule has 2 rings (SSSR count). The van der Waals surface area contributed by atoms with E-state index in [1.165, 1.54) is 44.0 Å². The molecule has 1 nitrogen and oxygen atoms in total. The predicted octanol–water partition coefficient (Wildman–Crippen LogP) is 3.58. The molecule has 0 heterocycles. The lowest BCUT2D eigenvalue weighted by atomic mass is 9.69. The van der Waals surface area contributed by atoms with Gasteiger partial charge in [0.1, 0.15) is 0 Å². The van der Waals surface area contributed by atoms with Crippen molar-refractivity contribution in [1.29, 1.82) is 0 Å². The first kappa shape index (κ1) is 11.0. The maximum absolute atomic E-state index is 5.45. The fraction of sp³-hybridized carbons (Fsp3) is 0.692. The Hall–Kier alpha value is -0.495. The van der Waals surface area contributed by atoms with Gasteiger partial charge < -0.3 is 4.65 Å². The summed E-state index contributed by atoms with van der Waals surface area (Å²) in [6, 6.07) is 0. The van der Waals surface area contributed by atoms with Gasteiger partial charge in [-0.05, 0) is 57.9 Å². The molecule has 1 saturated carbocycles. The molecule has 81 valence electrons. The van der Waals surface area contributed by atoms with Crippen molar-refractivity contribution in [3.8, 4) is 0 Å². The van der Waals surface area contributed by atoms with E-state index in [2.05, 4.69) is 6.92 Å². The van der Waals surface area contributed by atoms with Crippen LogP contribution in [0.1, 0.15) is 52.4 Å². The number of fused-ring (bicyclic) bond motifs is 1. The highest BCUT2D eigenvalue weighted by atomic mass is 16.4. The van der Waals surface area contributed by atoms with Gasteiger partial charge in [-0.25, -0.2) is 0 Å². The first-order valence-electron chi connectivity index (χ1n) is 6.18. The molecule has 0 spiro atoms. The van der Waals surface area contributed by atoms with Crippen molar-refractivity contribution >= 4 is 7.48 Å². The largest absolute Gasteiger partial charge is 0.435 e. The lowest BCUT2D eigenvalue weighted by Gasteiger charge is -2.28. The highest BCUT2D eigenvalue weighted by Crippen LogP contribution is 2.39. The molecule has 0 saturated heterocycles. The lowest BCUT2D eigenvalue weighted by molar-refractivity contribution is 0.363. The summed E-state index contributed by atoms with van der Waals surface area (Å²) < 4.78 is 5.45. The zero-order chi connectivity index (χ0) is 10.7. The Morgan fingerprint density at radius 2 is 1.80 bits per heavy atom. The number of rotatable bonds is 3. The summed E-state index contributed by atoms with van der Waals surface area (Å²) >= 11 is 0. The Balaban J connectivity index is 2.19. The van der Waals surface area contributed by atoms with Crippen LogP contribution in [-0.2, 0) is 4.65 Å². The highest BCUT2D eigenvalue weighted by molar-refractivity contribution is 6.38. The van der Waals surface area contributed by atoms with Gasteiger partial charge in [-0.1, -0.05) is 16.6 Å². The van der Waals surface area contributed by atoms with Gasteiger partial charge in [0, 0.05) is 6.61 Å². The van der Waals surface area contributed by atoms with Crippen LogP contribution in [0.25, 0.3) is 0 Å². The Bertz CT molecular complexity index is 302. The van der Waals surface area contributed by atoms with E-state index in [1.807, 2.05) is 14.4 Å². The fourth-order valence-corrected chi connectivity index (χ4v) is 2.67. The van der Waals surface area contributed by atoms with Gasteiger partial charge in [-0.2, -0.15) is 0 Å². The zero-order valence-corrected chi connectivity index (χ0v) is 9.94. The van der Waals surface area contributed by atoms with Gasteiger partial charge in [-0.3, -0.25) is 0 Å². The maximum Gasteiger partial charge on any atom is 0.325 e.